The van der Waals surface area contributed by atoms with Gasteiger partial charge < -0.3 is 15.8 Å². The van der Waals surface area contributed by atoms with Gasteiger partial charge in [0.1, 0.15) is 0 Å². The first-order valence-electron chi connectivity index (χ1n) is 5.43. The molecule has 0 unspecified atom stereocenters. The van der Waals surface area contributed by atoms with Gasteiger partial charge >= 0.3 is 5.97 Å². The third kappa shape index (κ3) is 2.60. The first-order chi connectivity index (χ1) is 8.72. The topological polar surface area (TPSA) is 77.2 Å². The van der Waals surface area contributed by atoms with Crippen molar-refractivity contribution in [3.63, 3.8) is 0 Å². The van der Waals surface area contributed by atoms with Crippen LogP contribution in [0.2, 0.25) is 0 Å². The Bertz CT molecular complexity index is 540. The van der Waals surface area contributed by atoms with E-state index in [0.717, 1.165) is 5.69 Å². The third-order valence-electron chi connectivity index (χ3n) is 2.27. The molecule has 2 rings (SSSR count). The van der Waals surface area contributed by atoms with Crippen LogP contribution in [0.5, 0.6) is 0 Å². The molecule has 0 aliphatic carbocycles. The maximum Gasteiger partial charge on any atom is 0.340 e. The fourth-order valence-electron chi connectivity index (χ4n) is 1.43. The van der Waals surface area contributed by atoms with Gasteiger partial charge in [-0.3, -0.25) is 0 Å². The number of rotatable bonds is 4. The van der Waals surface area contributed by atoms with Crippen molar-refractivity contribution >= 4 is 34.5 Å². The number of carbonyl (C=O) groups excluding carboxylic acids is 1. The largest absolute Gasteiger partial charge is 0.462 e. The molecule has 0 amide bonds. The minimum atomic E-state index is -0.439. The number of nitrogen functional groups attached to an aromatic ring is 1. The van der Waals surface area contributed by atoms with E-state index >= 15 is 0 Å². The zero-order chi connectivity index (χ0) is 13.0. The number of pyridine rings is 1. The Kier molecular flexibility index (Phi) is 3.78. The number of ether oxygens (including phenoxy) is 1. The zero-order valence-corrected chi connectivity index (χ0v) is 10.7. The Morgan fingerprint density at radius 1 is 1.56 bits per heavy atom. The molecule has 0 atom stereocenters. The van der Waals surface area contributed by atoms with Crippen LogP contribution in [0.15, 0.2) is 29.1 Å². The number of aromatic nitrogens is 1. The molecular formula is C12H13N3O2S. The van der Waals surface area contributed by atoms with E-state index in [2.05, 4.69) is 10.3 Å². The van der Waals surface area contributed by atoms with Crippen LogP contribution in [0, 0.1) is 0 Å². The van der Waals surface area contributed by atoms with Crippen LogP contribution >= 0.6 is 11.3 Å². The average Bonchev–Trinajstić information content (AvgIpc) is 2.85. The van der Waals surface area contributed by atoms with Gasteiger partial charge in [-0.25, -0.2) is 9.78 Å². The van der Waals surface area contributed by atoms with Crippen LogP contribution in [0.3, 0.4) is 0 Å². The summed E-state index contributed by atoms with van der Waals surface area (Å²) in [6.45, 7) is 2.06. The third-order valence-corrected chi connectivity index (χ3v) is 2.95. The molecule has 2 aromatic rings. The predicted octanol–water partition coefficient (Wildman–Crippen LogP) is 2.65. The molecule has 0 saturated carbocycles. The number of hydrogen-bond acceptors (Lipinski definition) is 6. The van der Waals surface area contributed by atoms with Crippen molar-refractivity contribution in [1.29, 1.82) is 0 Å². The van der Waals surface area contributed by atoms with E-state index in [9.17, 15) is 4.79 Å². The van der Waals surface area contributed by atoms with Crippen LogP contribution < -0.4 is 11.1 Å². The van der Waals surface area contributed by atoms with Crippen molar-refractivity contribution in [2.24, 2.45) is 0 Å². The molecule has 0 aromatic carbocycles. The van der Waals surface area contributed by atoms with Gasteiger partial charge in [0.2, 0.25) is 0 Å². The van der Waals surface area contributed by atoms with Gasteiger partial charge in [-0.15, -0.1) is 0 Å². The second kappa shape index (κ2) is 5.50. The second-order valence-electron chi connectivity index (χ2n) is 3.48. The Balaban J connectivity index is 2.27. The maximum absolute atomic E-state index is 11.7. The van der Waals surface area contributed by atoms with Crippen molar-refractivity contribution in [2.75, 3.05) is 17.7 Å². The first kappa shape index (κ1) is 12.4. The summed E-state index contributed by atoms with van der Waals surface area (Å²) in [5, 5.41) is 6.92. The number of esters is 1. The smallest absolute Gasteiger partial charge is 0.340 e. The van der Waals surface area contributed by atoms with Gasteiger partial charge in [0, 0.05) is 11.6 Å². The van der Waals surface area contributed by atoms with Gasteiger partial charge in [-0.05, 0) is 24.4 Å². The van der Waals surface area contributed by atoms with Crippen molar-refractivity contribution in [1.82, 2.24) is 4.98 Å². The SMILES string of the molecule is CCOC(=O)c1ccnc(Nc2ccsc2)c1N. The quantitative estimate of drug-likeness (QED) is 0.829. The molecule has 2 aromatic heterocycles. The van der Waals surface area contributed by atoms with E-state index in [4.69, 9.17) is 10.5 Å². The lowest BCUT2D eigenvalue weighted by Gasteiger charge is -2.10. The predicted molar refractivity (Wildman–Crippen MR) is 72.2 cm³/mol. The van der Waals surface area contributed by atoms with Gasteiger partial charge in [0.15, 0.2) is 5.82 Å². The maximum atomic E-state index is 11.7. The Morgan fingerprint density at radius 2 is 2.39 bits per heavy atom. The number of nitrogens with one attached hydrogen (secondary N) is 1. The summed E-state index contributed by atoms with van der Waals surface area (Å²) in [5.41, 5.74) is 7.42. The molecule has 2 heterocycles. The van der Waals surface area contributed by atoms with E-state index in [-0.39, 0.29) is 0 Å². The fourth-order valence-corrected chi connectivity index (χ4v) is 2.02. The van der Waals surface area contributed by atoms with Crippen molar-refractivity contribution < 1.29 is 9.53 Å². The zero-order valence-electron chi connectivity index (χ0n) is 9.84. The summed E-state index contributed by atoms with van der Waals surface area (Å²) >= 11 is 1.56. The molecule has 0 radical (unpaired) electrons. The highest BCUT2D eigenvalue weighted by Crippen LogP contribution is 2.25. The Hall–Kier alpha value is -2.08. The van der Waals surface area contributed by atoms with E-state index < -0.39 is 5.97 Å². The van der Waals surface area contributed by atoms with E-state index in [1.807, 2.05) is 16.8 Å². The highest BCUT2D eigenvalue weighted by atomic mass is 32.1. The van der Waals surface area contributed by atoms with Gasteiger partial charge in [0.05, 0.1) is 23.5 Å². The van der Waals surface area contributed by atoms with E-state index in [0.29, 0.717) is 23.7 Å². The molecule has 0 fully saturated rings. The lowest BCUT2D eigenvalue weighted by Crippen LogP contribution is -2.10. The fraction of sp³-hybridized carbons (Fsp3) is 0.167. The average molecular weight is 263 g/mol. The molecule has 94 valence electrons. The molecule has 0 aliphatic rings. The highest BCUT2D eigenvalue weighted by molar-refractivity contribution is 7.08. The molecule has 0 spiro atoms. The van der Waals surface area contributed by atoms with Gasteiger partial charge in [-0.2, -0.15) is 11.3 Å². The molecule has 18 heavy (non-hydrogen) atoms. The van der Waals surface area contributed by atoms with Crippen molar-refractivity contribution in [3.8, 4) is 0 Å². The summed E-state index contributed by atoms with van der Waals surface area (Å²) in [6.07, 6.45) is 1.53. The summed E-state index contributed by atoms with van der Waals surface area (Å²) in [4.78, 5) is 15.8. The number of anilines is 3. The van der Waals surface area contributed by atoms with E-state index in [1.54, 1.807) is 24.3 Å². The Morgan fingerprint density at radius 3 is 3.06 bits per heavy atom. The monoisotopic (exact) mass is 263 g/mol. The van der Waals surface area contributed by atoms with E-state index in [1.165, 1.54) is 6.20 Å². The minimum Gasteiger partial charge on any atom is -0.462 e. The molecule has 0 aliphatic heterocycles. The summed E-state index contributed by atoms with van der Waals surface area (Å²) in [6, 6.07) is 3.45. The van der Waals surface area contributed by atoms with Crippen LogP contribution in [-0.4, -0.2) is 17.6 Å². The van der Waals surface area contributed by atoms with Crippen LogP contribution in [0.25, 0.3) is 0 Å². The highest BCUT2D eigenvalue weighted by Gasteiger charge is 2.14. The molecule has 5 nitrogen and oxygen atoms in total. The summed E-state index contributed by atoms with van der Waals surface area (Å²) in [5.74, 6) is 0.0183. The standard InChI is InChI=1S/C12H13N3O2S/c1-2-17-12(16)9-3-5-14-11(10(9)13)15-8-4-6-18-7-8/h3-7H,2,13H2,1H3,(H,14,15). The number of thiophene rings is 1. The normalized spacial score (nSPS) is 10.1. The lowest BCUT2D eigenvalue weighted by molar-refractivity contribution is 0.0527. The number of hydrogen-bond donors (Lipinski definition) is 2. The van der Waals surface area contributed by atoms with Crippen LogP contribution in [0.4, 0.5) is 17.2 Å². The van der Waals surface area contributed by atoms with Crippen molar-refractivity contribution in [2.45, 2.75) is 6.92 Å². The lowest BCUT2D eigenvalue weighted by atomic mass is 10.2. The summed E-state index contributed by atoms with van der Waals surface area (Å²) in [7, 11) is 0. The molecule has 6 heteroatoms. The minimum absolute atomic E-state index is 0.294. The molecule has 0 saturated heterocycles. The van der Waals surface area contributed by atoms with Gasteiger partial charge in [0.25, 0.3) is 0 Å². The van der Waals surface area contributed by atoms with Crippen LogP contribution in [-0.2, 0) is 4.74 Å². The second-order valence-corrected chi connectivity index (χ2v) is 4.26. The number of nitrogens with two attached hydrogens (primary N) is 1. The number of carbonyl (C=O) groups is 1. The first-order valence-corrected chi connectivity index (χ1v) is 6.37. The van der Waals surface area contributed by atoms with Crippen LogP contribution in [0.1, 0.15) is 17.3 Å². The van der Waals surface area contributed by atoms with Crippen molar-refractivity contribution in [3.05, 3.63) is 34.7 Å². The molecular weight excluding hydrogens is 250 g/mol. The van der Waals surface area contributed by atoms with Gasteiger partial charge in [-0.1, -0.05) is 0 Å². The Labute approximate surface area is 109 Å². The summed E-state index contributed by atoms with van der Waals surface area (Å²) < 4.78 is 4.93. The molecule has 3 N–H and O–H groups in total. The number of nitrogens with zero attached hydrogens (tertiary/aromatic N) is 1. The molecule has 0 bridgehead atoms.